The molecule has 1 N–H and O–H groups in total. The molecule has 1 aliphatic rings. The lowest BCUT2D eigenvalue weighted by molar-refractivity contribution is -0.116. The van der Waals surface area contributed by atoms with Gasteiger partial charge in [-0.25, -0.2) is 9.67 Å². The summed E-state index contributed by atoms with van der Waals surface area (Å²) in [7, 11) is 0. The average Bonchev–Trinajstić information content (AvgIpc) is 3.24. The van der Waals surface area contributed by atoms with Crippen LogP contribution in [0.15, 0.2) is 36.8 Å². The van der Waals surface area contributed by atoms with Crippen LogP contribution in [-0.2, 0) is 24.3 Å². The first-order valence-electron chi connectivity index (χ1n) is 7.96. The number of rotatable bonds is 4. The van der Waals surface area contributed by atoms with Gasteiger partial charge >= 0.3 is 0 Å². The van der Waals surface area contributed by atoms with Crippen LogP contribution in [0.1, 0.15) is 18.7 Å². The highest BCUT2D eigenvalue weighted by atomic mass is 16.2. The first-order chi connectivity index (χ1) is 11.8. The highest BCUT2D eigenvalue weighted by Crippen LogP contribution is 2.28. The molecule has 0 radical (unpaired) electrons. The first-order valence-corrected chi connectivity index (χ1v) is 7.96. The lowest BCUT2D eigenvalue weighted by Gasteiger charge is -2.11. The van der Waals surface area contributed by atoms with Crippen molar-refractivity contribution in [2.24, 2.45) is 0 Å². The van der Waals surface area contributed by atoms with Gasteiger partial charge in [-0.15, -0.1) is 5.10 Å². The number of anilines is 1. The lowest BCUT2D eigenvalue weighted by Crippen LogP contribution is -2.19. The van der Waals surface area contributed by atoms with Gasteiger partial charge in [-0.3, -0.25) is 4.79 Å². The van der Waals surface area contributed by atoms with E-state index in [4.69, 9.17) is 4.98 Å². The van der Waals surface area contributed by atoms with E-state index in [-0.39, 0.29) is 12.5 Å². The number of imidazole rings is 1. The third-order valence-electron chi connectivity index (χ3n) is 4.08. The molecule has 1 aliphatic heterocycles. The van der Waals surface area contributed by atoms with Crippen LogP contribution in [0.4, 0.5) is 5.69 Å². The fourth-order valence-corrected chi connectivity index (χ4v) is 2.95. The summed E-state index contributed by atoms with van der Waals surface area (Å²) < 4.78 is 3.59. The normalized spacial score (nSPS) is 13.5. The zero-order chi connectivity index (χ0) is 16.4. The number of para-hydroxylation sites is 1. The van der Waals surface area contributed by atoms with Crippen LogP contribution in [0.25, 0.3) is 11.3 Å². The molecule has 0 aliphatic carbocycles. The molecule has 0 unspecified atom stereocenters. The summed E-state index contributed by atoms with van der Waals surface area (Å²) in [5.74, 6) is 0.935. The minimum atomic E-state index is -0.182. The van der Waals surface area contributed by atoms with Crippen LogP contribution in [0, 0.1) is 0 Å². The second kappa shape index (κ2) is 6.23. The van der Waals surface area contributed by atoms with E-state index >= 15 is 0 Å². The van der Waals surface area contributed by atoms with E-state index in [1.54, 1.807) is 0 Å². The van der Waals surface area contributed by atoms with Gasteiger partial charge in [-0.05, 0) is 29.3 Å². The Morgan fingerprint density at radius 1 is 1.25 bits per heavy atom. The average molecular weight is 323 g/mol. The van der Waals surface area contributed by atoms with E-state index in [0.29, 0.717) is 0 Å². The number of aromatic nitrogens is 6. The molecule has 1 aromatic carbocycles. The number of carbonyl (C=O) groups is 1. The largest absolute Gasteiger partial charge is 0.334 e. The van der Waals surface area contributed by atoms with Crippen LogP contribution in [0.5, 0.6) is 0 Å². The van der Waals surface area contributed by atoms with E-state index < -0.39 is 0 Å². The molecule has 0 atom stereocenters. The maximum absolute atomic E-state index is 12.2. The van der Waals surface area contributed by atoms with Crippen molar-refractivity contribution in [2.45, 2.75) is 32.4 Å². The smallest absolute Gasteiger partial charge is 0.246 e. The maximum atomic E-state index is 12.2. The van der Waals surface area contributed by atoms with E-state index in [9.17, 15) is 4.79 Å². The second-order valence-electron chi connectivity index (χ2n) is 5.79. The number of hydrogen-bond acceptors (Lipinski definition) is 5. The number of nitrogens with one attached hydrogen (secondary N) is 1. The molecule has 3 heterocycles. The Morgan fingerprint density at radius 3 is 3.00 bits per heavy atom. The van der Waals surface area contributed by atoms with Crippen molar-refractivity contribution in [1.29, 1.82) is 0 Å². The Morgan fingerprint density at radius 2 is 2.17 bits per heavy atom. The van der Waals surface area contributed by atoms with E-state index in [0.717, 1.165) is 35.7 Å². The number of tetrazole rings is 1. The quantitative estimate of drug-likeness (QED) is 0.786. The summed E-state index contributed by atoms with van der Waals surface area (Å²) in [6.07, 6.45) is 6.86. The van der Waals surface area contributed by atoms with Crippen molar-refractivity contribution in [1.82, 2.24) is 29.8 Å². The number of benzene rings is 1. The third kappa shape index (κ3) is 2.90. The zero-order valence-electron chi connectivity index (χ0n) is 13.1. The molecule has 0 saturated carbocycles. The van der Waals surface area contributed by atoms with Crippen LogP contribution in [-0.4, -0.2) is 35.7 Å². The van der Waals surface area contributed by atoms with Gasteiger partial charge in [-0.1, -0.05) is 18.2 Å². The van der Waals surface area contributed by atoms with Crippen molar-refractivity contribution >= 4 is 11.6 Å². The Bertz CT molecular complexity index is 830. The van der Waals surface area contributed by atoms with Crippen molar-refractivity contribution in [3.05, 3.63) is 42.6 Å². The molecular formula is C16H17N7O. The number of carbonyl (C=O) groups excluding carboxylic acids is 1. The number of nitrogens with zero attached hydrogens (tertiary/aromatic N) is 6. The number of aryl methyl sites for hydroxylation is 2. The highest BCUT2D eigenvalue weighted by molar-refractivity contribution is 5.94. The fraction of sp³-hybridized carbons (Fsp3) is 0.312. The molecule has 4 rings (SSSR count). The van der Waals surface area contributed by atoms with Gasteiger partial charge in [0.25, 0.3) is 0 Å². The maximum Gasteiger partial charge on any atom is 0.246 e. The zero-order valence-corrected chi connectivity index (χ0v) is 13.1. The van der Waals surface area contributed by atoms with Gasteiger partial charge in [0, 0.05) is 24.7 Å². The minimum absolute atomic E-state index is 0.0705. The van der Waals surface area contributed by atoms with Crippen LogP contribution >= 0.6 is 0 Å². The second-order valence-corrected chi connectivity index (χ2v) is 5.79. The van der Waals surface area contributed by atoms with Crippen LogP contribution in [0.2, 0.25) is 0 Å². The summed E-state index contributed by atoms with van der Waals surface area (Å²) in [6, 6.07) is 7.70. The fourth-order valence-electron chi connectivity index (χ4n) is 2.95. The SMILES string of the molecule is O=C(Cn1cnnn1)Nc1ccccc1-c1cn2c(n1)CCCC2. The topological polar surface area (TPSA) is 90.5 Å². The molecule has 0 bridgehead atoms. The van der Waals surface area contributed by atoms with Crippen molar-refractivity contribution in [3.8, 4) is 11.3 Å². The molecule has 3 aromatic rings. The molecule has 24 heavy (non-hydrogen) atoms. The van der Waals surface area contributed by atoms with Crippen molar-refractivity contribution in [3.63, 3.8) is 0 Å². The minimum Gasteiger partial charge on any atom is -0.334 e. The molecule has 122 valence electrons. The van der Waals surface area contributed by atoms with Crippen molar-refractivity contribution in [2.75, 3.05) is 5.32 Å². The molecule has 0 saturated heterocycles. The Balaban J connectivity index is 1.58. The summed E-state index contributed by atoms with van der Waals surface area (Å²) >= 11 is 0. The summed E-state index contributed by atoms with van der Waals surface area (Å²) in [5.41, 5.74) is 2.56. The molecule has 8 heteroatoms. The van der Waals surface area contributed by atoms with Crippen LogP contribution < -0.4 is 5.32 Å². The van der Waals surface area contributed by atoms with E-state index in [1.807, 2.05) is 24.3 Å². The summed E-state index contributed by atoms with van der Waals surface area (Å²) in [4.78, 5) is 16.9. The summed E-state index contributed by atoms with van der Waals surface area (Å²) in [5, 5.41) is 13.7. The molecule has 8 nitrogen and oxygen atoms in total. The Hall–Kier alpha value is -3.03. The predicted octanol–water partition coefficient (Wildman–Crippen LogP) is 1.51. The van der Waals surface area contributed by atoms with Gasteiger partial charge in [-0.2, -0.15) is 0 Å². The number of fused-ring (bicyclic) bond motifs is 1. The van der Waals surface area contributed by atoms with Gasteiger partial charge in [0.05, 0.1) is 11.4 Å². The van der Waals surface area contributed by atoms with Gasteiger partial charge < -0.3 is 9.88 Å². The first kappa shape index (κ1) is 14.6. The van der Waals surface area contributed by atoms with Gasteiger partial charge in [0.15, 0.2) is 0 Å². The molecule has 0 spiro atoms. The Labute approximate surface area is 138 Å². The lowest BCUT2D eigenvalue weighted by atomic mass is 10.1. The van der Waals surface area contributed by atoms with Gasteiger partial charge in [0.2, 0.25) is 5.91 Å². The van der Waals surface area contributed by atoms with E-state index in [2.05, 4.69) is 31.6 Å². The highest BCUT2D eigenvalue weighted by Gasteiger charge is 2.16. The predicted molar refractivity (Wildman–Crippen MR) is 87.0 cm³/mol. The Kier molecular flexibility index (Phi) is 3.78. The monoisotopic (exact) mass is 323 g/mol. The summed E-state index contributed by atoms with van der Waals surface area (Å²) in [6.45, 7) is 1.08. The molecular weight excluding hydrogens is 306 g/mol. The molecule has 2 aromatic heterocycles. The van der Waals surface area contributed by atoms with E-state index in [1.165, 1.54) is 23.9 Å². The van der Waals surface area contributed by atoms with Gasteiger partial charge in [0.1, 0.15) is 18.7 Å². The van der Waals surface area contributed by atoms with Crippen molar-refractivity contribution < 1.29 is 4.79 Å². The molecule has 0 fully saturated rings. The standard InChI is InChI=1S/C16H17N7O/c24-16(10-23-11-17-20-21-23)19-13-6-2-1-5-12(13)14-9-22-8-4-3-7-15(22)18-14/h1-2,5-6,9,11H,3-4,7-8,10H2,(H,19,24). The van der Waals surface area contributed by atoms with Crippen LogP contribution in [0.3, 0.4) is 0 Å². The number of amides is 1. The molecule has 1 amide bonds. The third-order valence-corrected chi connectivity index (χ3v) is 4.08. The number of hydrogen-bond donors (Lipinski definition) is 1.